The number of hydrogen-bond donors (Lipinski definition) is 1. The highest BCUT2D eigenvalue weighted by Crippen LogP contribution is 2.34. The fourth-order valence-electron chi connectivity index (χ4n) is 3.36. The van der Waals surface area contributed by atoms with E-state index < -0.39 is 0 Å². The number of aromatic nitrogens is 4. The molecule has 0 spiro atoms. The van der Waals surface area contributed by atoms with E-state index in [-0.39, 0.29) is 6.61 Å². The van der Waals surface area contributed by atoms with Crippen LogP contribution >= 0.6 is 11.3 Å². The summed E-state index contributed by atoms with van der Waals surface area (Å²) in [7, 11) is 0. The smallest absolute Gasteiger partial charge is 0.158 e. The van der Waals surface area contributed by atoms with E-state index in [2.05, 4.69) is 22.2 Å². The minimum atomic E-state index is 0.0718. The van der Waals surface area contributed by atoms with Gasteiger partial charge in [-0.25, -0.2) is 14.6 Å². The SMILES string of the molecule is Cc1nc2ccc(-c3nc(C4CCCC4)nn3CCO)cc2s1. The molecular weight excluding hydrogens is 308 g/mol. The summed E-state index contributed by atoms with van der Waals surface area (Å²) in [5.74, 6) is 2.27. The van der Waals surface area contributed by atoms with Gasteiger partial charge in [-0.3, -0.25) is 0 Å². The predicted molar refractivity (Wildman–Crippen MR) is 91.7 cm³/mol. The van der Waals surface area contributed by atoms with E-state index in [1.54, 1.807) is 11.3 Å². The first kappa shape index (κ1) is 14.8. The quantitative estimate of drug-likeness (QED) is 0.796. The summed E-state index contributed by atoms with van der Waals surface area (Å²) in [4.78, 5) is 9.33. The average Bonchev–Trinajstić information content (AvgIpc) is 3.24. The summed E-state index contributed by atoms with van der Waals surface area (Å²) in [6.07, 6.45) is 4.88. The van der Waals surface area contributed by atoms with Crippen LogP contribution in [0, 0.1) is 6.92 Å². The van der Waals surface area contributed by atoms with E-state index in [1.807, 2.05) is 17.7 Å². The highest BCUT2D eigenvalue weighted by molar-refractivity contribution is 7.18. The molecule has 6 heteroatoms. The zero-order valence-electron chi connectivity index (χ0n) is 13.2. The van der Waals surface area contributed by atoms with Crippen LogP contribution in [0.5, 0.6) is 0 Å². The third-order valence-corrected chi connectivity index (χ3v) is 5.41. The molecule has 120 valence electrons. The Labute approximate surface area is 139 Å². The number of hydrogen-bond acceptors (Lipinski definition) is 5. The third-order valence-electron chi connectivity index (χ3n) is 4.47. The number of aryl methyl sites for hydroxylation is 1. The Kier molecular flexibility index (Phi) is 3.87. The summed E-state index contributed by atoms with van der Waals surface area (Å²) in [6.45, 7) is 2.58. The van der Waals surface area contributed by atoms with Crippen molar-refractivity contribution in [1.82, 2.24) is 19.7 Å². The second-order valence-corrected chi connectivity index (χ2v) is 7.37. The minimum Gasteiger partial charge on any atom is -0.394 e. The Morgan fingerprint density at radius 2 is 2.09 bits per heavy atom. The maximum atomic E-state index is 9.34. The Balaban J connectivity index is 1.77. The molecule has 0 radical (unpaired) electrons. The molecule has 1 aliphatic carbocycles. The molecule has 1 aromatic carbocycles. The average molecular weight is 328 g/mol. The molecule has 2 aromatic heterocycles. The van der Waals surface area contributed by atoms with E-state index in [4.69, 9.17) is 4.98 Å². The Morgan fingerprint density at radius 3 is 2.87 bits per heavy atom. The van der Waals surface area contributed by atoms with Crippen LogP contribution in [0.3, 0.4) is 0 Å². The number of aliphatic hydroxyl groups is 1. The summed E-state index contributed by atoms with van der Waals surface area (Å²) >= 11 is 1.69. The largest absolute Gasteiger partial charge is 0.394 e. The van der Waals surface area contributed by atoms with Crippen LogP contribution in [0.4, 0.5) is 0 Å². The van der Waals surface area contributed by atoms with Gasteiger partial charge in [-0.05, 0) is 38.0 Å². The first-order chi connectivity index (χ1) is 11.2. The van der Waals surface area contributed by atoms with Crippen molar-refractivity contribution in [1.29, 1.82) is 0 Å². The van der Waals surface area contributed by atoms with Crippen LogP contribution in [0.25, 0.3) is 21.6 Å². The van der Waals surface area contributed by atoms with Crippen LogP contribution in [0.1, 0.15) is 42.4 Å². The molecule has 1 N–H and O–H groups in total. The van der Waals surface area contributed by atoms with Crippen molar-refractivity contribution >= 4 is 21.6 Å². The summed E-state index contributed by atoms with van der Waals surface area (Å²) in [5, 5.41) is 15.1. The number of thiazole rings is 1. The molecule has 0 saturated heterocycles. The zero-order chi connectivity index (χ0) is 15.8. The van der Waals surface area contributed by atoms with Crippen molar-refractivity contribution in [3.05, 3.63) is 29.0 Å². The fourth-order valence-corrected chi connectivity index (χ4v) is 4.23. The lowest BCUT2D eigenvalue weighted by atomic mass is 10.1. The number of fused-ring (bicyclic) bond motifs is 1. The lowest BCUT2D eigenvalue weighted by Gasteiger charge is -2.03. The van der Waals surface area contributed by atoms with Crippen molar-refractivity contribution in [2.24, 2.45) is 0 Å². The molecule has 0 unspecified atom stereocenters. The molecule has 3 aromatic rings. The molecule has 0 amide bonds. The Hall–Kier alpha value is -1.79. The molecule has 5 nitrogen and oxygen atoms in total. The van der Waals surface area contributed by atoms with Gasteiger partial charge in [0.1, 0.15) is 0 Å². The third kappa shape index (κ3) is 2.77. The highest BCUT2D eigenvalue weighted by atomic mass is 32.1. The van der Waals surface area contributed by atoms with Crippen LogP contribution in [-0.2, 0) is 6.54 Å². The Morgan fingerprint density at radius 1 is 1.26 bits per heavy atom. The molecular formula is C17H20N4OS. The van der Waals surface area contributed by atoms with Crippen LogP contribution in [0.15, 0.2) is 18.2 Å². The highest BCUT2D eigenvalue weighted by Gasteiger charge is 2.23. The van der Waals surface area contributed by atoms with E-state index in [0.717, 1.165) is 27.7 Å². The fraction of sp³-hybridized carbons (Fsp3) is 0.471. The minimum absolute atomic E-state index is 0.0718. The molecule has 23 heavy (non-hydrogen) atoms. The first-order valence-electron chi connectivity index (χ1n) is 8.18. The van der Waals surface area contributed by atoms with Gasteiger partial charge in [-0.15, -0.1) is 11.3 Å². The Bertz CT molecular complexity index is 832. The topological polar surface area (TPSA) is 63.8 Å². The molecule has 2 heterocycles. The second kappa shape index (κ2) is 6.02. The normalized spacial score (nSPS) is 15.7. The van der Waals surface area contributed by atoms with Gasteiger partial charge in [0.15, 0.2) is 11.6 Å². The summed E-state index contributed by atoms with van der Waals surface area (Å²) < 4.78 is 3.02. The van der Waals surface area contributed by atoms with Crippen molar-refractivity contribution in [2.75, 3.05) is 6.61 Å². The maximum Gasteiger partial charge on any atom is 0.158 e. The van der Waals surface area contributed by atoms with E-state index in [0.29, 0.717) is 12.5 Å². The summed E-state index contributed by atoms with van der Waals surface area (Å²) in [5.41, 5.74) is 2.08. The number of rotatable bonds is 4. The van der Waals surface area contributed by atoms with Gasteiger partial charge in [-0.2, -0.15) is 5.10 Å². The molecule has 4 rings (SSSR count). The molecule has 0 bridgehead atoms. The van der Waals surface area contributed by atoms with Crippen molar-refractivity contribution in [2.45, 2.75) is 45.1 Å². The van der Waals surface area contributed by atoms with Gasteiger partial charge in [0.25, 0.3) is 0 Å². The van der Waals surface area contributed by atoms with E-state index in [1.165, 1.54) is 30.4 Å². The van der Waals surface area contributed by atoms with Gasteiger partial charge < -0.3 is 5.11 Å². The standard InChI is InChI=1S/C17H20N4OS/c1-11-18-14-7-6-13(10-15(14)23-11)17-19-16(12-4-2-3-5-12)20-21(17)8-9-22/h6-7,10,12,22H,2-5,8-9H2,1H3. The second-order valence-electron chi connectivity index (χ2n) is 6.14. The lowest BCUT2D eigenvalue weighted by molar-refractivity contribution is 0.269. The molecule has 1 aliphatic rings. The zero-order valence-corrected chi connectivity index (χ0v) is 14.0. The molecule has 1 fully saturated rings. The van der Waals surface area contributed by atoms with Gasteiger partial charge in [-0.1, -0.05) is 12.8 Å². The predicted octanol–water partition coefficient (Wildman–Crippen LogP) is 3.51. The van der Waals surface area contributed by atoms with E-state index >= 15 is 0 Å². The summed E-state index contributed by atoms with van der Waals surface area (Å²) in [6, 6.07) is 6.23. The van der Waals surface area contributed by atoms with Crippen LogP contribution < -0.4 is 0 Å². The van der Waals surface area contributed by atoms with Gasteiger partial charge in [0.05, 0.1) is 28.4 Å². The molecule has 0 aliphatic heterocycles. The van der Waals surface area contributed by atoms with Gasteiger partial charge >= 0.3 is 0 Å². The van der Waals surface area contributed by atoms with Crippen LogP contribution in [0.2, 0.25) is 0 Å². The monoisotopic (exact) mass is 328 g/mol. The van der Waals surface area contributed by atoms with E-state index in [9.17, 15) is 5.11 Å². The number of aliphatic hydroxyl groups excluding tert-OH is 1. The first-order valence-corrected chi connectivity index (χ1v) is 8.99. The number of benzene rings is 1. The van der Waals surface area contributed by atoms with Crippen molar-refractivity contribution < 1.29 is 5.11 Å². The van der Waals surface area contributed by atoms with Crippen molar-refractivity contribution in [3.8, 4) is 11.4 Å². The molecule has 0 atom stereocenters. The van der Waals surface area contributed by atoms with Gasteiger partial charge in [0, 0.05) is 11.5 Å². The lowest BCUT2D eigenvalue weighted by Crippen LogP contribution is -2.06. The van der Waals surface area contributed by atoms with Gasteiger partial charge in [0.2, 0.25) is 0 Å². The number of nitrogens with zero attached hydrogens (tertiary/aromatic N) is 4. The maximum absolute atomic E-state index is 9.34. The van der Waals surface area contributed by atoms with Crippen molar-refractivity contribution in [3.63, 3.8) is 0 Å². The molecule has 1 saturated carbocycles. The van der Waals surface area contributed by atoms with Crippen LogP contribution in [-0.4, -0.2) is 31.5 Å².